The third-order valence-corrected chi connectivity index (χ3v) is 1.74. The van der Waals surface area contributed by atoms with E-state index in [1.165, 1.54) is 0 Å². The third-order valence-electron chi connectivity index (χ3n) is 1.46. The zero-order chi connectivity index (χ0) is 11.8. The van der Waals surface area contributed by atoms with Crippen LogP contribution in [0.3, 0.4) is 0 Å². The molecule has 0 aromatic carbocycles. The number of carbonyl (C=O) groups excluding carboxylic acids is 1. The fourth-order valence-electron chi connectivity index (χ4n) is 0.772. The van der Waals surface area contributed by atoms with Crippen LogP contribution in [-0.2, 0) is 4.79 Å². The SMILES string of the molecule is C=C(Br)CNC(=O)N[C@@H](CCO)C(=O)O. The molecule has 1 atom stereocenters. The normalized spacial score (nSPS) is 11.6. The maximum Gasteiger partial charge on any atom is 0.326 e. The number of halogens is 1. The summed E-state index contributed by atoms with van der Waals surface area (Å²) >= 11 is 3.04. The Bertz CT molecular complexity index is 257. The Kier molecular flexibility index (Phi) is 6.72. The van der Waals surface area contributed by atoms with Gasteiger partial charge in [0.2, 0.25) is 0 Å². The molecule has 0 rings (SSSR count). The zero-order valence-electron chi connectivity index (χ0n) is 7.99. The number of aliphatic carboxylic acids is 1. The van der Waals surface area contributed by atoms with Crippen molar-refractivity contribution in [1.82, 2.24) is 10.6 Å². The van der Waals surface area contributed by atoms with Crippen molar-refractivity contribution in [1.29, 1.82) is 0 Å². The van der Waals surface area contributed by atoms with Crippen molar-refractivity contribution in [3.05, 3.63) is 11.1 Å². The second-order valence-electron chi connectivity index (χ2n) is 2.75. The molecule has 0 aliphatic carbocycles. The Labute approximate surface area is 95.5 Å². The second kappa shape index (κ2) is 7.24. The standard InChI is InChI=1S/C8H13BrN2O4/c1-5(9)4-10-8(15)11-6(2-3-12)7(13)14/h6,12H,1-4H2,(H,13,14)(H2,10,11,15)/t6-/m0/s1. The van der Waals surface area contributed by atoms with Gasteiger partial charge in [0.1, 0.15) is 6.04 Å². The smallest absolute Gasteiger partial charge is 0.326 e. The van der Waals surface area contributed by atoms with E-state index < -0.39 is 18.0 Å². The van der Waals surface area contributed by atoms with E-state index in [0.717, 1.165) is 0 Å². The van der Waals surface area contributed by atoms with E-state index >= 15 is 0 Å². The fraction of sp³-hybridized carbons (Fsp3) is 0.500. The van der Waals surface area contributed by atoms with E-state index in [-0.39, 0.29) is 19.6 Å². The highest BCUT2D eigenvalue weighted by Gasteiger charge is 2.18. The van der Waals surface area contributed by atoms with Crippen LogP contribution in [0.1, 0.15) is 6.42 Å². The predicted octanol–water partition coefficient (Wildman–Crippen LogP) is 0.0298. The number of carbonyl (C=O) groups is 2. The summed E-state index contributed by atoms with van der Waals surface area (Å²) in [7, 11) is 0. The van der Waals surface area contributed by atoms with Crippen molar-refractivity contribution < 1.29 is 19.8 Å². The number of rotatable bonds is 6. The summed E-state index contributed by atoms with van der Waals surface area (Å²) in [5.41, 5.74) is 0. The van der Waals surface area contributed by atoms with Gasteiger partial charge in [-0.1, -0.05) is 22.5 Å². The molecule has 4 N–H and O–H groups in total. The molecular weight excluding hydrogens is 268 g/mol. The number of nitrogens with one attached hydrogen (secondary N) is 2. The van der Waals surface area contributed by atoms with Crippen LogP contribution in [0.2, 0.25) is 0 Å². The number of aliphatic hydroxyl groups is 1. The lowest BCUT2D eigenvalue weighted by atomic mass is 10.2. The number of hydrogen-bond acceptors (Lipinski definition) is 3. The van der Waals surface area contributed by atoms with Crippen molar-refractivity contribution >= 4 is 27.9 Å². The lowest BCUT2D eigenvalue weighted by Gasteiger charge is -2.13. The lowest BCUT2D eigenvalue weighted by Crippen LogP contribution is -2.46. The molecule has 0 saturated heterocycles. The van der Waals surface area contributed by atoms with E-state index in [1.54, 1.807) is 0 Å². The van der Waals surface area contributed by atoms with Gasteiger partial charge >= 0.3 is 12.0 Å². The molecule has 0 fully saturated rings. The van der Waals surface area contributed by atoms with Gasteiger partial charge in [-0.25, -0.2) is 9.59 Å². The monoisotopic (exact) mass is 280 g/mol. The minimum atomic E-state index is -1.18. The molecule has 0 aromatic rings. The molecule has 0 radical (unpaired) electrons. The maximum absolute atomic E-state index is 11.1. The van der Waals surface area contributed by atoms with E-state index in [9.17, 15) is 9.59 Å². The molecule has 0 spiro atoms. The summed E-state index contributed by atoms with van der Waals surface area (Å²) in [5.74, 6) is -1.18. The first-order chi connectivity index (χ1) is 6.97. The van der Waals surface area contributed by atoms with Crippen molar-refractivity contribution in [2.45, 2.75) is 12.5 Å². The highest BCUT2D eigenvalue weighted by atomic mass is 79.9. The van der Waals surface area contributed by atoms with E-state index in [1.807, 2.05) is 0 Å². The number of carboxylic acids is 1. The summed E-state index contributed by atoms with van der Waals surface area (Å²) in [6.07, 6.45) is -0.0297. The van der Waals surface area contributed by atoms with Gasteiger partial charge in [-0.3, -0.25) is 0 Å². The van der Waals surface area contributed by atoms with Crippen molar-refractivity contribution in [3.8, 4) is 0 Å². The summed E-state index contributed by atoms with van der Waals surface area (Å²) in [5, 5.41) is 21.8. The molecule has 0 aliphatic rings. The Balaban J connectivity index is 3.99. The van der Waals surface area contributed by atoms with Crippen LogP contribution < -0.4 is 10.6 Å². The van der Waals surface area contributed by atoms with Crippen molar-refractivity contribution in [2.24, 2.45) is 0 Å². The summed E-state index contributed by atoms with van der Waals surface area (Å²) in [6, 6.07) is -1.70. The fourth-order valence-corrected chi connectivity index (χ4v) is 0.912. The predicted molar refractivity (Wildman–Crippen MR) is 57.7 cm³/mol. The number of amides is 2. The number of hydrogen-bond donors (Lipinski definition) is 4. The zero-order valence-corrected chi connectivity index (χ0v) is 9.58. The van der Waals surface area contributed by atoms with Gasteiger partial charge in [-0.15, -0.1) is 0 Å². The molecule has 0 aliphatic heterocycles. The molecule has 2 amide bonds. The first-order valence-electron chi connectivity index (χ1n) is 4.18. The summed E-state index contributed by atoms with van der Waals surface area (Å²) < 4.78 is 0.576. The molecule has 0 saturated carbocycles. The van der Waals surface area contributed by atoms with Gasteiger partial charge in [0.25, 0.3) is 0 Å². The Hall–Kier alpha value is -1.08. The van der Waals surface area contributed by atoms with Crippen LogP contribution in [0.5, 0.6) is 0 Å². The average Bonchev–Trinajstić information content (AvgIpc) is 2.14. The Morgan fingerprint density at radius 2 is 2.07 bits per heavy atom. The number of carboxylic acid groups (broad SMARTS) is 1. The van der Waals surface area contributed by atoms with Gasteiger partial charge in [0.15, 0.2) is 0 Å². The van der Waals surface area contributed by atoms with Gasteiger partial charge in [0, 0.05) is 17.5 Å². The quantitative estimate of drug-likeness (QED) is 0.552. The highest BCUT2D eigenvalue weighted by molar-refractivity contribution is 9.11. The Morgan fingerprint density at radius 3 is 2.47 bits per heavy atom. The molecule has 0 unspecified atom stereocenters. The second-order valence-corrected chi connectivity index (χ2v) is 3.87. The van der Waals surface area contributed by atoms with Crippen molar-refractivity contribution in [3.63, 3.8) is 0 Å². The maximum atomic E-state index is 11.1. The van der Waals surface area contributed by atoms with Gasteiger partial charge in [-0.05, 0) is 0 Å². The van der Waals surface area contributed by atoms with Crippen LogP contribution in [0.15, 0.2) is 11.1 Å². The van der Waals surface area contributed by atoms with E-state index in [2.05, 4.69) is 33.1 Å². The molecule has 0 bridgehead atoms. The topological polar surface area (TPSA) is 98.7 Å². The van der Waals surface area contributed by atoms with Crippen LogP contribution in [0.25, 0.3) is 0 Å². The highest BCUT2D eigenvalue weighted by Crippen LogP contribution is 1.97. The molecule has 86 valence electrons. The molecule has 0 aromatic heterocycles. The molecule has 15 heavy (non-hydrogen) atoms. The van der Waals surface area contributed by atoms with Gasteiger partial charge in [0.05, 0.1) is 6.54 Å². The number of aliphatic hydroxyl groups excluding tert-OH is 1. The molecular formula is C8H13BrN2O4. The van der Waals surface area contributed by atoms with Crippen LogP contribution in [0, 0.1) is 0 Å². The minimum absolute atomic E-state index is 0.0297. The van der Waals surface area contributed by atoms with Crippen LogP contribution >= 0.6 is 15.9 Å². The largest absolute Gasteiger partial charge is 0.480 e. The molecule has 7 heteroatoms. The Morgan fingerprint density at radius 1 is 1.47 bits per heavy atom. The third kappa shape index (κ3) is 6.92. The van der Waals surface area contributed by atoms with E-state index in [0.29, 0.717) is 4.48 Å². The van der Waals surface area contributed by atoms with Gasteiger partial charge in [-0.2, -0.15) is 0 Å². The summed E-state index contributed by atoms with van der Waals surface area (Å²) in [6.45, 7) is 3.40. The van der Waals surface area contributed by atoms with Crippen LogP contribution in [0.4, 0.5) is 4.79 Å². The van der Waals surface area contributed by atoms with Crippen molar-refractivity contribution in [2.75, 3.05) is 13.2 Å². The average molecular weight is 281 g/mol. The first-order valence-corrected chi connectivity index (χ1v) is 4.98. The molecule has 0 heterocycles. The van der Waals surface area contributed by atoms with Gasteiger partial charge < -0.3 is 20.8 Å². The van der Waals surface area contributed by atoms with Crippen LogP contribution in [-0.4, -0.2) is 41.4 Å². The number of urea groups is 1. The summed E-state index contributed by atoms with van der Waals surface area (Å²) in [4.78, 5) is 21.7. The lowest BCUT2D eigenvalue weighted by molar-refractivity contribution is -0.139. The molecule has 6 nitrogen and oxygen atoms in total. The van der Waals surface area contributed by atoms with E-state index in [4.69, 9.17) is 10.2 Å². The minimum Gasteiger partial charge on any atom is -0.480 e. The first kappa shape index (κ1) is 13.9.